The topological polar surface area (TPSA) is 69.6 Å². The van der Waals surface area contributed by atoms with Gasteiger partial charge < -0.3 is 15.5 Å². The summed E-state index contributed by atoms with van der Waals surface area (Å²) in [5, 5.41) is 20.7. The summed E-state index contributed by atoms with van der Waals surface area (Å²) in [4.78, 5) is 10.6. The molecule has 0 aromatic heterocycles. The number of carbonyl (C=O) groups is 1. The fraction of sp³-hybridized carbons (Fsp3) is 0.875. The maximum Gasteiger partial charge on any atom is 0.323 e. The molecule has 0 aromatic rings. The first-order valence-corrected chi connectivity index (χ1v) is 4.12. The third-order valence-corrected chi connectivity index (χ3v) is 2.15. The Hall–Kier alpha value is -0.610. The Kier molecular flexibility index (Phi) is 4.85. The summed E-state index contributed by atoms with van der Waals surface area (Å²) in [6, 6.07) is -0.861. The average molecular weight is 175 g/mol. The van der Waals surface area contributed by atoms with Gasteiger partial charge in [0, 0.05) is 0 Å². The Labute approximate surface area is 72.6 Å². The molecular formula is C8H17NO3. The van der Waals surface area contributed by atoms with Crippen molar-refractivity contribution in [1.29, 1.82) is 0 Å². The molecule has 0 aliphatic carbocycles. The standard InChI is InChI=1S/C8H17NO3/c1-4-5(2)7(10)6(9-3)8(11)12/h5-7,9-10H,4H2,1-3H3,(H,11,12). The van der Waals surface area contributed by atoms with Gasteiger partial charge in [-0.1, -0.05) is 20.3 Å². The van der Waals surface area contributed by atoms with E-state index in [9.17, 15) is 9.90 Å². The lowest BCUT2D eigenvalue weighted by Gasteiger charge is -2.23. The van der Waals surface area contributed by atoms with Crippen LogP contribution >= 0.6 is 0 Å². The third kappa shape index (κ3) is 2.79. The van der Waals surface area contributed by atoms with Crippen molar-refractivity contribution in [3.05, 3.63) is 0 Å². The average Bonchev–Trinajstić information content (AvgIpc) is 2.03. The highest BCUT2D eigenvalue weighted by Crippen LogP contribution is 2.10. The molecular weight excluding hydrogens is 158 g/mol. The van der Waals surface area contributed by atoms with Crippen LogP contribution in [0.25, 0.3) is 0 Å². The van der Waals surface area contributed by atoms with Gasteiger partial charge in [0.2, 0.25) is 0 Å². The Morgan fingerprint density at radius 3 is 2.33 bits per heavy atom. The number of hydrogen-bond acceptors (Lipinski definition) is 3. The zero-order chi connectivity index (χ0) is 9.72. The molecule has 72 valence electrons. The predicted octanol–water partition coefficient (Wildman–Crippen LogP) is 0.0660. The highest BCUT2D eigenvalue weighted by atomic mass is 16.4. The minimum atomic E-state index is -1.01. The van der Waals surface area contributed by atoms with Gasteiger partial charge in [-0.25, -0.2) is 0 Å². The molecule has 4 nitrogen and oxygen atoms in total. The second-order valence-corrected chi connectivity index (χ2v) is 2.98. The van der Waals surface area contributed by atoms with Gasteiger partial charge in [0.15, 0.2) is 0 Å². The van der Waals surface area contributed by atoms with Crippen molar-refractivity contribution in [1.82, 2.24) is 5.32 Å². The van der Waals surface area contributed by atoms with E-state index in [1.54, 1.807) is 0 Å². The van der Waals surface area contributed by atoms with Crippen LogP contribution in [0, 0.1) is 5.92 Å². The number of aliphatic hydroxyl groups excluding tert-OH is 1. The maximum absolute atomic E-state index is 10.6. The van der Waals surface area contributed by atoms with E-state index in [1.807, 2.05) is 13.8 Å². The van der Waals surface area contributed by atoms with E-state index >= 15 is 0 Å². The quantitative estimate of drug-likeness (QED) is 0.553. The van der Waals surface area contributed by atoms with Gasteiger partial charge in [0.25, 0.3) is 0 Å². The van der Waals surface area contributed by atoms with Crippen LogP contribution in [0.2, 0.25) is 0 Å². The second-order valence-electron chi connectivity index (χ2n) is 2.98. The number of likely N-dealkylation sites (N-methyl/N-ethyl adjacent to an activating group) is 1. The van der Waals surface area contributed by atoms with Crippen LogP contribution in [0.3, 0.4) is 0 Å². The first-order chi connectivity index (χ1) is 5.54. The summed E-state index contributed by atoms with van der Waals surface area (Å²) in [6.07, 6.45) is -0.0513. The van der Waals surface area contributed by atoms with Crippen molar-refractivity contribution in [2.24, 2.45) is 5.92 Å². The van der Waals surface area contributed by atoms with E-state index in [0.717, 1.165) is 6.42 Å². The number of carboxylic acids is 1. The fourth-order valence-corrected chi connectivity index (χ4v) is 1.01. The Bertz CT molecular complexity index is 149. The van der Waals surface area contributed by atoms with E-state index in [1.165, 1.54) is 7.05 Å². The minimum absolute atomic E-state index is 0.00134. The molecule has 3 unspecified atom stereocenters. The molecule has 0 fully saturated rings. The van der Waals surface area contributed by atoms with Gasteiger partial charge in [-0.3, -0.25) is 4.79 Å². The summed E-state index contributed by atoms with van der Waals surface area (Å²) in [5.74, 6) is -1.01. The zero-order valence-electron chi connectivity index (χ0n) is 7.74. The van der Waals surface area contributed by atoms with E-state index in [2.05, 4.69) is 5.32 Å². The summed E-state index contributed by atoms with van der Waals surface area (Å²) in [6.45, 7) is 3.75. The SMILES string of the molecule is CCC(C)C(O)C(NC)C(=O)O. The van der Waals surface area contributed by atoms with Crippen LogP contribution in [0.5, 0.6) is 0 Å². The van der Waals surface area contributed by atoms with Crippen LogP contribution in [0.1, 0.15) is 20.3 Å². The zero-order valence-corrected chi connectivity index (χ0v) is 7.74. The molecule has 0 saturated heterocycles. The first-order valence-electron chi connectivity index (χ1n) is 4.12. The number of aliphatic hydroxyl groups is 1. The van der Waals surface area contributed by atoms with Crippen LogP contribution in [0.15, 0.2) is 0 Å². The number of hydrogen-bond donors (Lipinski definition) is 3. The molecule has 0 aliphatic rings. The van der Waals surface area contributed by atoms with Gasteiger partial charge >= 0.3 is 5.97 Å². The summed E-state index contributed by atoms with van der Waals surface area (Å²) < 4.78 is 0. The van der Waals surface area contributed by atoms with E-state index in [-0.39, 0.29) is 5.92 Å². The van der Waals surface area contributed by atoms with Crippen molar-refractivity contribution in [2.45, 2.75) is 32.4 Å². The van der Waals surface area contributed by atoms with Gasteiger partial charge in [0.1, 0.15) is 6.04 Å². The Morgan fingerprint density at radius 1 is 1.58 bits per heavy atom. The van der Waals surface area contributed by atoms with Gasteiger partial charge in [-0.15, -0.1) is 0 Å². The predicted molar refractivity (Wildman–Crippen MR) is 45.9 cm³/mol. The highest BCUT2D eigenvalue weighted by molar-refractivity contribution is 5.74. The second kappa shape index (κ2) is 5.11. The lowest BCUT2D eigenvalue weighted by atomic mass is 9.96. The molecule has 0 heterocycles. The first kappa shape index (κ1) is 11.4. The van der Waals surface area contributed by atoms with Crippen LogP contribution < -0.4 is 5.32 Å². The molecule has 0 bridgehead atoms. The normalized spacial score (nSPS) is 18.3. The summed E-state index contributed by atoms with van der Waals surface area (Å²) in [7, 11) is 1.53. The van der Waals surface area contributed by atoms with Gasteiger partial charge in [-0.2, -0.15) is 0 Å². The number of rotatable bonds is 5. The molecule has 3 atom stereocenters. The van der Waals surface area contributed by atoms with Gasteiger partial charge in [0.05, 0.1) is 6.10 Å². The molecule has 0 spiro atoms. The minimum Gasteiger partial charge on any atom is -0.480 e. The van der Waals surface area contributed by atoms with Crippen LogP contribution in [0.4, 0.5) is 0 Å². The molecule has 0 radical (unpaired) electrons. The van der Waals surface area contributed by atoms with Crippen LogP contribution in [-0.4, -0.2) is 35.4 Å². The molecule has 3 N–H and O–H groups in total. The summed E-state index contributed by atoms with van der Waals surface area (Å²) in [5.41, 5.74) is 0. The largest absolute Gasteiger partial charge is 0.480 e. The van der Waals surface area contributed by atoms with E-state index in [0.29, 0.717) is 0 Å². The van der Waals surface area contributed by atoms with E-state index in [4.69, 9.17) is 5.11 Å². The fourth-order valence-electron chi connectivity index (χ4n) is 1.01. The Morgan fingerprint density at radius 2 is 2.08 bits per heavy atom. The molecule has 0 aromatic carbocycles. The van der Waals surface area contributed by atoms with Gasteiger partial charge in [-0.05, 0) is 13.0 Å². The molecule has 12 heavy (non-hydrogen) atoms. The Balaban J connectivity index is 4.20. The lowest BCUT2D eigenvalue weighted by Crippen LogP contribution is -2.47. The monoisotopic (exact) mass is 175 g/mol. The smallest absolute Gasteiger partial charge is 0.323 e. The van der Waals surface area contributed by atoms with Crippen molar-refractivity contribution in [3.8, 4) is 0 Å². The van der Waals surface area contributed by atoms with Crippen molar-refractivity contribution in [2.75, 3.05) is 7.05 Å². The number of carboxylic acid groups (broad SMARTS) is 1. The maximum atomic E-state index is 10.6. The lowest BCUT2D eigenvalue weighted by molar-refractivity contribution is -0.143. The third-order valence-electron chi connectivity index (χ3n) is 2.15. The molecule has 0 amide bonds. The van der Waals surface area contributed by atoms with E-state index < -0.39 is 18.1 Å². The highest BCUT2D eigenvalue weighted by Gasteiger charge is 2.27. The molecule has 4 heteroatoms. The molecule has 0 saturated carbocycles. The van der Waals surface area contributed by atoms with Crippen LogP contribution in [-0.2, 0) is 4.79 Å². The number of nitrogens with one attached hydrogen (secondary N) is 1. The molecule has 0 aliphatic heterocycles. The van der Waals surface area contributed by atoms with Crippen molar-refractivity contribution < 1.29 is 15.0 Å². The van der Waals surface area contributed by atoms with Crippen molar-refractivity contribution in [3.63, 3.8) is 0 Å². The summed E-state index contributed by atoms with van der Waals surface area (Å²) >= 11 is 0. The number of aliphatic carboxylic acids is 1. The van der Waals surface area contributed by atoms with Crippen molar-refractivity contribution >= 4 is 5.97 Å². The molecule has 0 rings (SSSR count).